The van der Waals surface area contributed by atoms with Crippen LogP contribution in [0, 0.1) is 6.92 Å². The molecule has 0 heterocycles. The molecule has 4 aromatic carbocycles. The van der Waals surface area contributed by atoms with E-state index in [9.17, 15) is 13.2 Å². The van der Waals surface area contributed by atoms with Gasteiger partial charge < -0.3 is 5.32 Å². The quantitative estimate of drug-likeness (QED) is 0.363. The Morgan fingerprint density at radius 1 is 0.824 bits per heavy atom. The summed E-state index contributed by atoms with van der Waals surface area (Å²) in [5.41, 5.74) is 7.41. The van der Waals surface area contributed by atoms with Crippen molar-refractivity contribution in [2.24, 2.45) is 0 Å². The monoisotopic (exact) mass is 468 g/mol. The third kappa shape index (κ3) is 3.97. The van der Waals surface area contributed by atoms with Crippen LogP contribution < -0.4 is 9.62 Å². The van der Waals surface area contributed by atoms with Crippen molar-refractivity contribution in [2.75, 3.05) is 16.7 Å². The maximum absolute atomic E-state index is 13.2. The van der Waals surface area contributed by atoms with Gasteiger partial charge in [0, 0.05) is 18.3 Å². The van der Waals surface area contributed by atoms with Gasteiger partial charge in [-0.2, -0.15) is 0 Å². The van der Waals surface area contributed by atoms with E-state index in [1.165, 1.54) is 40.2 Å². The van der Waals surface area contributed by atoms with Crippen LogP contribution in [0.5, 0.6) is 0 Å². The fourth-order valence-corrected chi connectivity index (χ4v) is 5.52. The van der Waals surface area contributed by atoms with E-state index in [4.69, 9.17) is 0 Å². The van der Waals surface area contributed by atoms with Crippen molar-refractivity contribution in [3.05, 3.63) is 113 Å². The Kier molecular flexibility index (Phi) is 5.46. The molecule has 0 aliphatic heterocycles. The van der Waals surface area contributed by atoms with Gasteiger partial charge in [-0.15, -0.1) is 0 Å². The first-order chi connectivity index (χ1) is 16.3. The predicted octanol–water partition coefficient (Wildman–Crippen LogP) is 5.64. The normalized spacial score (nSPS) is 12.1. The summed E-state index contributed by atoms with van der Waals surface area (Å²) in [6.45, 7) is 1.94. The smallest absolute Gasteiger partial charge is 0.264 e. The number of carbonyl (C=O) groups excluding carboxylic acids is 1. The molecule has 0 saturated heterocycles. The van der Waals surface area contributed by atoms with Crippen molar-refractivity contribution in [3.63, 3.8) is 0 Å². The summed E-state index contributed by atoms with van der Waals surface area (Å²) < 4.78 is 27.6. The molecule has 5 rings (SSSR count). The largest absolute Gasteiger partial charge is 0.322 e. The Morgan fingerprint density at radius 3 is 2.35 bits per heavy atom. The minimum absolute atomic E-state index is 0.0626. The van der Waals surface area contributed by atoms with E-state index >= 15 is 0 Å². The zero-order chi connectivity index (χ0) is 23.9. The first kappa shape index (κ1) is 21.9. The number of aryl methyl sites for hydroxylation is 1. The molecule has 1 amide bonds. The third-order valence-electron chi connectivity index (χ3n) is 6.20. The van der Waals surface area contributed by atoms with E-state index in [1.807, 2.05) is 49.4 Å². The lowest BCUT2D eigenvalue weighted by molar-refractivity contribution is 0.102. The number of anilines is 2. The lowest BCUT2D eigenvalue weighted by atomic mass is 10.1. The van der Waals surface area contributed by atoms with Crippen molar-refractivity contribution in [1.29, 1.82) is 0 Å². The number of amides is 1. The Morgan fingerprint density at radius 2 is 1.56 bits per heavy atom. The summed E-state index contributed by atoms with van der Waals surface area (Å²) in [6, 6.07) is 27.5. The van der Waals surface area contributed by atoms with Gasteiger partial charge in [0.25, 0.3) is 15.9 Å². The van der Waals surface area contributed by atoms with Gasteiger partial charge in [0.15, 0.2) is 0 Å². The molecule has 34 heavy (non-hydrogen) atoms. The Labute approximate surface area is 199 Å². The molecular weight excluding hydrogens is 444 g/mol. The fourth-order valence-electron chi connectivity index (χ4n) is 4.28. The topological polar surface area (TPSA) is 66.5 Å². The van der Waals surface area contributed by atoms with Crippen LogP contribution in [-0.4, -0.2) is 21.4 Å². The summed E-state index contributed by atoms with van der Waals surface area (Å²) in [5.74, 6) is -0.356. The van der Waals surface area contributed by atoms with Gasteiger partial charge in [-0.3, -0.25) is 9.10 Å². The minimum atomic E-state index is -3.82. The molecule has 0 saturated carbocycles. The van der Waals surface area contributed by atoms with Gasteiger partial charge >= 0.3 is 0 Å². The second-order valence-corrected chi connectivity index (χ2v) is 10.5. The SMILES string of the molecule is Cc1ccc(N(C)S(=O)(=O)c2cccc(C(=O)Nc3ccc4c(c3)Cc3ccccc3-4)c2)cc1. The van der Waals surface area contributed by atoms with Gasteiger partial charge in [0.1, 0.15) is 0 Å². The second-order valence-electron chi connectivity index (χ2n) is 8.50. The van der Waals surface area contributed by atoms with Crippen LogP contribution in [0.3, 0.4) is 0 Å². The van der Waals surface area contributed by atoms with E-state index in [1.54, 1.807) is 24.3 Å². The first-order valence-electron chi connectivity index (χ1n) is 11.0. The number of benzene rings is 4. The lowest BCUT2D eigenvalue weighted by Crippen LogP contribution is -2.26. The number of hydrogen-bond donors (Lipinski definition) is 1. The first-order valence-corrected chi connectivity index (χ1v) is 12.5. The number of hydrogen-bond acceptors (Lipinski definition) is 3. The molecule has 4 aromatic rings. The highest BCUT2D eigenvalue weighted by Gasteiger charge is 2.23. The standard InChI is InChI=1S/C28H24N2O3S/c1-19-10-13-24(14-11-19)30(2)34(32,33)25-8-5-7-21(18-25)28(31)29-23-12-15-27-22(17-23)16-20-6-3-4-9-26(20)27/h3-15,17-18H,16H2,1-2H3,(H,29,31). The van der Waals surface area contributed by atoms with Gasteiger partial charge in [-0.25, -0.2) is 8.42 Å². The highest BCUT2D eigenvalue weighted by Crippen LogP contribution is 2.37. The van der Waals surface area contributed by atoms with E-state index in [0.717, 1.165) is 17.5 Å². The van der Waals surface area contributed by atoms with Crippen LogP contribution in [0.15, 0.2) is 95.9 Å². The maximum atomic E-state index is 13.2. The van der Waals surface area contributed by atoms with E-state index in [-0.39, 0.29) is 16.4 Å². The van der Waals surface area contributed by atoms with Crippen molar-refractivity contribution in [1.82, 2.24) is 0 Å². The number of rotatable bonds is 5. The predicted molar refractivity (Wildman–Crippen MR) is 136 cm³/mol. The molecule has 6 heteroatoms. The van der Waals surface area contributed by atoms with Gasteiger partial charge in [0.05, 0.1) is 10.6 Å². The number of nitrogens with one attached hydrogen (secondary N) is 1. The molecule has 1 aliphatic carbocycles. The van der Waals surface area contributed by atoms with E-state index in [2.05, 4.69) is 17.4 Å². The van der Waals surface area contributed by atoms with Crippen LogP contribution in [-0.2, 0) is 16.4 Å². The van der Waals surface area contributed by atoms with Gasteiger partial charge in [-0.05, 0) is 78.1 Å². The van der Waals surface area contributed by atoms with Crippen molar-refractivity contribution in [2.45, 2.75) is 18.2 Å². The zero-order valence-electron chi connectivity index (χ0n) is 18.9. The van der Waals surface area contributed by atoms with Gasteiger partial charge in [-0.1, -0.05) is 54.1 Å². The molecular formula is C28H24N2O3S. The molecule has 0 bridgehead atoms. The summed E-state index contributed by atoms with van der Waals surface area (Å²) >= 11 is 0. The van der Waals surface area contributed by atoms with Crippen LogP contribution in [0.4, 0.5) is 11.4 Å². The third-order valence-corrected chi connectivity index (χ3v) is 7.99. The summed E-state index contributed by atoms with van der Waals surface area (Å²) in [4.78, 5) is 13.0. The van der Waals surface area contributed by atoms with E-state index in [0.29, 0.717) is 11.4 Å². The zero-order valence-corrected chi connectivity index (χ0v) is 19.8. The highest BCUT2D eigenvalue weighted by atomic mass is 32.2. The Bertz CT molecular complexity index is 1510. The van der Waals surface area contributed by atoms with Crippen LogP contribution in [0.2, 0.25) is 0 Å². The number of carbonyl (C=O) groups is 1. The fraction of sp³-hybridized carbons (Fsp3) is 0.107. The molecule has 0 radical (unpaired) electrons. The van der Waals surface area contributed by atoms with E-state index < -0.39 is 10.0 Å². The average molecular weight is 469 g/mol. The van der Waals surface area contributed by atoms with Crippen molar-refractivity contribution >= 4 is 27.3 Å². The Balaban J connectivity index is 1.37. The molecule has 0 spiro atoms. The summed E-state index contributed by atoms with van der Waals surface area (Å²) in [6.07, 6.45) is 0.828. The number of nitrogens with zero attached hydrogens (tertiary/aromatic N) is 1. The number of sulfonamides is 1. The average Bonchev–Trinajstić information content (AvgIpc) is 3.22. The summed E-state index contributed by atoms with van der Waals surface area (Å²) in [5, 5.41) is 2.91. The molecule has 0 unspecified atom stereocenters. The minimum Gasteiger partial charge on any atom is -0.322 e. The van der Waals surface area contributed by atoms with Crippen LogP contribution in [0.1, 0.15) is 27.0 Å². The van der Waals surface area contributed by atoms with Gasteiger partial charge in [0.2, 0.25) is 0 Å². The molecule has 0 aromatic heterocycles. The summed E-state index contributed by atoms with van der Waals surface area (Å²) in [7, 11) is -2.31. The molecule has 1 N–H and O–H groups in total. The van der Waals surface area contributed by atoms with Crippen LogP contribution >= 0.6 is 0 Å². The van der Waals surface area contributed by atoms with Crippen LogP contribution in [0.25, 0.3) is 11.1 Å². The lowest BCUT2D eigenvalue weighted by Gasteiger charge is -2.20. The molecule has 0 atom stereocenters. The second kappa shape index (κ2) is 8.47. The molecule has 1 aliphatic rings. The van der Waals surface area contributed by atoms with Crippen molar-refractivity contribution < 1.29 is 13.2 Å². The Hall–Kier alpha value is -3.90. The molecule has 5 nitrogen and oxygen atoms in total. The number of fused-ring (bicyclic) bond motifs is 3. The molecule has 170 valence electrons. The highest BCUT2D eigenvalue weighted by molar-refractivity contribution is 7.92. The molecule has 0 fully saturated rings. The van der Waals surface area contributed by atoms with Crippen molar-refractivity contribution in [3.8, 4) is 11.1 Å². The maximum Gasteiger partial charge on any atom is 0.264 e.